The largest absolute Gasteiger partial charge is 0.454 e. The summed E-state index contributed by atoms with van der Waals surface area (Å²) in [4.78, 5) is 23.4. The maximum absolute atomic E-state index is 12.4. The fraction of sp³-hybridized carbons (Fsp3) is 0.111. The van der Waals surface area contributed by atoms with Crippen molar-refractivity contribution >= 4 is 17.8 Å². The van der Waals surface area contributed by atoms with E-state index in [0.717, 1.165) is 5.56 Å². The van der Waals surface area contributed by atoms with Gasteiger partial charge in [-0.2, -0.15) is 0 Å². The van der Waals surface area contributed by atoms with Gasteiger partial charge in [-0.3, -0.25) is 9.59 Å². The first-order valence-electron chi connectivity index (χ1n) is 7.26. The van der Waals surface area contributed by atoms with E-state index in [0.29, 0.717) is 28.6 Å². The topological polar surface area (TPSA) is 71.1 Å². The highest BCUT2D eigenvalue weighted by Crippen LogP contribution is 2.36. The average molecular weight is 324 g/mol. The van der Waals surface area contributed by atoms with Gasteiger partial charge in [0.15, 0.2) is 17.3 Å². The number of benzene rings is 2. The summed E-state index contributed by atoms with van der Waals surface area (Å²) in [5, 5.41) is 0. The van der Waals surface area contributed by atoms with Crippen molar-refractivity contribution in [3.8, 4) is 23.0 Å². The summed E-state index contributed by atoms with van der Waals surface area (Å²) in [6, 6.07) is 10.0. The standard InChI is InChI=1S/C18H12O6/c1-10(19)23-12-3-4-13-15(8-12)24-17(18(13)20)7-11-2-5-14-16(6-11)22-9-21-14/h2-8H,9H2,1H3. The van der Waals surface area contributed by atoms with E-state index in [1.807, 2.05) is 6.07 Å². The lowest BCUT2D eigenvalue weighted by Crippen LogP contribution is -2.01. The van der Waals surface area contributed by atoms with Gasteiger partial charge in [0.25, 0.3) is 0 Å². The lowest BCUT2D eigenvalue weighted by atomic mass is 10.1. The van der Waals surface area contributed by atoms with Crippen LogP contribution in [-0.4, -0.2) is 18.5 Å². The van der Waals surface area contributed by atoms with Crippen molar-refractivity contribution in [3.63, 3.8) is 0 Å². The monoisotopic (exact) mass is 324 g/mol. The van der Waals surface area contributed by atoms with E-state index < -0.39 is 5.97 Å². The van der Waals surface area contributed by atoms with E-state index in [1.54, 1.807) is 30.3 Å². The zero-order valence-corrected chi connectivity index (χ0v) is 12.7. The zero-order chi connectivity index (χ0) is 16.7. The second kappa shape index (κ2) is 5.42. The molecule has 0 bridgehead atoms. The van der Waals surface area contributed by atoms with Crippen molar-refractivity contribution in [1.82, 2.24) is 0 Å². The van der Waals surface area contributed by atoms with Gasteiger partial charge < -0.3 is 18.9 Å². The molecule has 2 aromatic rings. The third-order valence-electron chi connectivity index (χ3n) is 3.60. The Morgan fingerprint density at radius 1 is 1.08 bits per heavy atom. The van der Waals surface area contributed by atoms with Crippen LogP contribution >= 0.6 is 0 Å². The second-order valence-electron chi connectivity index (χ2n) is 5.30. The molecule has 2 heterocycles. The van der Waals surface area contributed by atoms with Gasteiger partial charge in [0.05, 0.1) is 5.56 Å². The smallest absolute Gasteiger partial charge is 0.308 e. The highest BCUT2D eigenvalue weighted by atomic mass is 16.7. The van der Waals surface area contributed by atoms with E-state index in [4.69, 9.17) is 18.9 Å². The predicted octanol–water partition coefficient (Wildman–Crippen LogP) is 2.96. The molecule has 2 aliphatic heterocycles. The molecular weight excluding hydrogens is 312 g/mol. The first-order chi connectivity index (χ1) is 11.6. The number of hydrogen-bond acceptors (Lipinski definition) is 6. The van der Waals surface area contributed by atoms with Crippen LogP contribution in [0.15, 0.2) is 42.2 Å². The molecular formula is C18H12O6. The molecule has 2 aliphatic rings. The molecule has 0 fully saturated rings. The number of carbonyl (C=O) groups is 2. The summed E-state index contributed by atoms with van der Waals surface area (Å²) in [5.74, 6) is 1.54. The van der Waals surface area contributed by atoms with E-state index in [-0.39, 0.29) is 18.3 Å². The second-order valence-corrected chi connectivity index (χ2v) is 5.30. The Morgan fingerprint density at radius 2 is 1.92 bits per heavy atom. The number of hydrogen-bond donors (Lipinski definition) is 0. The number of esters is 1. The lowest BCUT2D eigenvalue weighted by Gasteiger charge is -2.03. The van der Waals surface area contributed by atoms with Crippen LogP contribution < -0.4 is 18.9 Å². The van der Waals surface area contributed by atoms with Crippen LogP contribution in [-0.2, 0) is 4.79 Å². The quantitative estimate of drug-likeness (QED) is 0.480. The summed E-state index contributed by atoms with van der Waals surface area (Å²) in [7, 11) is 0. The Hall–Kier alpha value is -3.28. The van der Waals surface area contributed by atoms with E-state index in [1.165, 1.54) is 13.0 Å². The minimum absolute atomic E-state index is 0.190. The molecule has 6 nitrogen and oxygen atoms in total. The lowest BCUT2D eigenvalue weighted by molar-refractivity contribution is -0.131. The van der Waals surface area contributed by atoms with Crippen LogP contribution in [0.1, 0.15) is 22.8 Å². The van der Waals surface area contributed by atoms with Crippen LogP contribution in [0, 0.1) is 0 Å². The van der Waals surface area contributed by atoms with Crippen molar-refractivity contribution in [2.24, 2.45) is 0 Å². The number of fused-ring (bicyclic) bond motifs is 2. The Labute approximate surface area is 137 Å². The van der Waals surface area contributed by atoms with Gasteiger partial charge in [0.2, 0.25) is 12.6 Å². The summed E-state index contributed by atoms with van der Waals surface area (Å²) >= 11 is 0. The number of rotatable bonds is 2. The van der Waals surface area contributed by atoms with Crippen LogP contribution in [0.3, 0.4) is 0 Å². The predicted molar refractivity (Wildman–Crippen MR) is 83.3 cm³/mol. The Kier molecular flexibility index (Phi) is 3.23. The summed E-state index contributed by atoms with van der Waals surface area (Å²) < 4.78 is 21.2. The molecule has 6 heteroatoms. The summed E-state index contributed by atoms with van der Waals surface area (Å²) in [5.41, 5.74) is 1.19. The van der Waals surface area contributed by atoms with Gasteiger partial charge in [-0.15, -0.1) is 0 Å². The van der Waals surface area contributed by atoms with E-state index in [2.05, 4.69) is 0 Å². The minimum Gasteiger partial charge on any atom is -0.454 e. The molecule has 0 amide bonds. The minimum atomic E-state index is -0.435. The van der Waals surface area contributed by atoms with Crippen LogP contribution in [0.25, 0.3) is 6.08 Å². The van der Waals surface area contributed by atoms with Crippen LogP contribution in [0.5, 0.6) is 23.0 Å². The fourth-order valence-corrected chi connectivity index (χ4v) is 2.55. The van der Waals surface area contributed by atoms with Crippen LogP contribution in [0.2, 0.25) is 0 Å². The third-order valence-corrected chi connectivity index (χ3v) is 3.60. The molecule has 0 N–H and O–H groups in total. The van der Waals surface area contributed by atoms with Gasteiger partial charge >= 0.3 is 5.97 Å². The molecule has 120 valence electrons. The van der Waals surface area contributed by atoms with Gasteiger partial charge in [-0.25, -0.2) is 0 Å². The summed E-state index contributed by atoms with van der Waals surface area (Å²) in [6.07, 6.45) is 1.63. The first-order valence-corrected chi connectivity index (χ1v) is 7.26. The highest BCUT2D eigenvalue weighted by molar-refractivity contribution is 6.14. The molecule has 0 saturated heterocycles. The number of carbonyl (C=O) groups excluding carboxylic acids is 2. The molecule has 0 radical (unpaired) electrons. The number of allylic oxidation sites excluding steroid dienone is 1. The molecule has 24 heavy (non-hydrogen) atoms. The number of ether oxygens (including phenoxy) is 4. The fourth-order valence-electron chi connectivity index (χ4n) is 2.55. The Balaban J connectivity index is 1.63. The third kappa shape index (κ3) is 2.48. The molecule has 4 rings (SSSR count). The molecule has 0 saturated carbocycles. The SMILES string of the molecule is CC(=O)Oc1ccc2c(c1)OC(=Cc1ccc3c(c1)OCO3)C2=O. The maximum Gasteiger partial charge on any atom is 0.308 e. The van der Waals surface area contributed by atoms with Gasteiger partial charge in [0, 0.05) is 13.0 Å². The van der Waals surface area contributed by atoms with Crippen molar-refractivity contribution in [3.05, 3.63) is 53.3 Å². The Bertz CT molecular complexity index is 896. The zero-order valence-electron chi connectivity index (χ0n) is 12.7. The van der Waals surface area contributed by atoms with Crippen molar-refractivity contribution in [2.75, 3.05) is 6.79 Å². The first kappa shape index (κ1) is 14.3. The van der Waals surface area contributed by atoms with Crippen molar-refractivity contribution < 1.29 is 28.5 Å². The number of ketones is 1. The van der Waals surface area contributed by atoms with Gasteiger partial charge in [-0.05, 0) is 35.9 Å². The molecule has 0 aromatic heterocycles. The van der Waals surface area contributed by atoms with E-state index in [9.17, 15) is 9.59 Å². The van der Waals surface area contributed by atoms with Crippen molar-refractivity contribution in [2.45, 2.75) is 6.92 Å². The maximum atomic E-state index is 12.4. The number of Topliss-reactive ketones (excluding diaryl/α,β-unsaturated/α-hetero) is 1. The normalized spacial score (nSPS) is 16.0. The molecule has 0 atom stereocenters. The van der Waals surface area contributed by atoms with Gasteiger partial charge in [0.1, 0.15) is 11.5 Å². The molecule has 0 unspecified atom stereocenters. The molecule has 0 aliphatic carbocycles. The highest BCUT2D eigenvalue weighted by Gasteiger charge is 2.28. The van der Waals surface area contributed by atoms with Crippen molar-refractivity contribution in [1.29, 1.82) is 0 Å². The summed E-state index contributed by atoms with van der Waals surface area (Å²) in [6.45, 7) is 1.50. The van der Waals surface area contributed by atoms with E-state index >= 15 is 0 Å². The molecule has 2 aromatic carbocycles. The average Bonchev–Trinajstić information content (AvgIpc) is 3.11. The van der Waals surface area contributed by atoms with Crippen LogP contribution in [0.4, 0.5) is 0 Å². The van der Waals surface area contributed by atoms with Gasteiger partial charge in [-0.1, -0.05) is 6.07 Å². The Morgan fingerprint density at radius 3 is 2.75 bits per heavy atom. The molecule has 0 spiro atoms.